The summed E-state index contributed by atoms with van der Waals surface area (Å²) in [6.45, 7) is 1.73. The summed E-state index contributed by atoms with van der Waals surface area (Å²) < 4.78 is 5.94. The minimum Gasteiger partial charge on any atom is -0.373 e. The van der Waals surface area contributed by atoms with Crippen LogP contribution in [0.2, 0.25) is 0 Å². The van der Waals surface area contributed by atoms with Gasteiger partial charge in [0.2, 0.25) is 0 Å². The lowest BCUT2D eigenvalue weighted by Crippen LogP contribution is -2.18. The van der Waals surface area contributed by atoms with E-state index in [1.54, 1.807) is 0 Å². The van der Waals surface area contributed by atoms with Crippen LogP contribution in [0.25, 0.3) is 0 Å². The summed E-state index contributed by atoms with van der Waals surface area (Å²) in [7, 11) is 0. The molecule has 0 spiro atoms. The number of anilines is 1. The molecule has 2 heterocycles. The van der Waals surface area contributed by atoms with E-state index in [2.05, 4.69) is 39.6 Å². The van der Waals surface area contributed by atoms with Gasteiger partial charge in [0.15, 0.2) is 0 Å². The van der Waals surface area contributed by atoms with Crippen LogP contribution >= 0.6 is 0 Å². The summed E-state index contributed by atoms with van der Waals surface area (Å²) in [5.41, 5.74) is 1.27. The Kier molecular flexibility index (Phi) is 3.77. The Hall–Kier alpha value is -1.94. The highest BCUT2D eigenvalue weighted by molar-refractivity contribution is 5.34. The lowest BCUT2D eigenvalue weighted by Gasteiger charge is -2.19. The van der Waals surface area contributed by atoms with E-state index in [-0.39, 0.29) is 6.10 Å². The molecule has 2 aliphatic rings. The Labute approximate surface area is 130 Å². The van der Waals surface area contributed by atoms with Crippen LogP contribution in [-0.2, 0) is 4.74 Å². The van der Waals surface area contributed by atoms with Gasteiger partial charge in [0.05, 0.1) is 6.10 Å². The quantitative estimate of drug-likeness (QED) is 0.916. The number of ether oxygens (including phenoxy) is 1. The summed E-state index contributed by atoms with van der Waals surface area (Å²) in [6.07, 6.45) is 5.61. The van der Waals surface area contributed by atoms with E-state index in [1.807, 2.05) is 18.3 Å². The van der Waals surface area contributed by atoms with Crippen LogP contribution in [0.5, 0.6) is 0 Å². The fourth-order valence-corrected chi connectivity index (χ4v) is 3.10. The summed E-state index contributed by atoms with van der Waals surface area (Å²) in [4.78, 5) is 9.00. The Morgan fingerprint density at radius 3 is 2.77 bits per heavy atom. The van der Waals surface area contributed by atoms with Crippen LogP contribution in [0, 0.1) is 5.92 Å². The summed E-state index contributed by atoms with van der Waals surface area (Å²) >= 11 is 0. The molecule has 4 heteroatoms. The van der Waals surface area contributed by atoms with E-state index in [1.165, 1.54) is 18.4 Å². The molecule has 0 amide bonds. The molecule has 4 rings (SSSR count). The number of rotatable bonds is 5. The van der Waals surface area contributed by atoms with Crippen molar-refractivity contribution in [3.63, 3.8) is 0 Å². The van der Waals surface area contributed by atoms with Crippen LogP contribution < -0.4 is 5.32 Å². The molecule has 2 aromatic rings. The highest BCUT2D eigenvalue weighted by Gasteiger charge is 2.30. The van der Waals surface area contributed by atoms with Crippen molar-refractivity contribution in [2.24, 2.45) is 5.92 Å². The van der Waals surface area contributed by atoms with Crippen molar-refractivity contribution in [2.75, 3.05) is 18.5 Å². The SMILES string of the molecule is c1ccc([C@@H]2OCC[C@H]2CNc2ccnc(C3CC3)n2)cc1. The maximum absolute atomic E-state index is 5.94. The largest absolute Gasteiger partial charge is 0.373 e. The molecule has 1 saturated carbocycles. The zero-order valence-corrected chi connectivity index (χ0v) is 12.6. The molecule has 22 heavy (non-hydrogen) atoms. The van der Waals surface area contributed by atoms with Gasteiger partial charge < -0.3 is 10.1 Å². The van der Waals surface area contributed by atoms with Crippen LogP contribution in [0.1, 0.15) is 42.7 Å². The van der Waals surface area contributed by atoms with Gasteiger partial charge in [-0.25, -0.2) is 9.97 Å². The fraction of sp³-hybridized carbons (Fsp3) is 0.444. The first-order valence-electron chi connectivity index (χ1n) is 8.13. The first-order chi connectivity index (χ1) is 10.9. The standard InChI is InChI=1S/C18H21N3O/c1-2-4-13(5-3-1)17-15(9-11-22-17)12-20-16-8-10-19-18(21-16)14-6-7-14/h1-5,8,10,14-15,17H,6-7,9,11-12H2,(H,19,20,21)/t15-,17-/m0/s1. The van der Waals surface area contributed by atoms with Crippen molar-refractivity contribution in [1.29, 1.82) is 0 Å². The molecule has 1 aliphatic heterocycles. The number of nitrogens with zero attached hydrogens (tertiary/aromatic N) is 2. The van der Waals surface area contributed by atoms with Gasteiger partial charge in [-0.05, 0) is 30.9 Å². The van der Waals surface area contributed by atoms with Crippen LogP contribution in [-0.4, -0.2) is 23.1 Å². The minimum absolute atomic E-state index is 0.193. The second-order valence-corrected chi connectivity index (χ2v) is 6.21. The summed E-state index contributed by atoms with van der Waals surface area (Å²) in [5, 5.41) is 3.48. The predicted molar refractivity (Wildman–Crippen MR) is 85.7 cm³/mol. The molecule has 2 atom stereocenters. The zero-order valence-electron chi connectivity index (χ0n) is 12.6. The number of hydrogen-bond donors (Lipinski definition) is 1. The molecule has 1 aliphatic carbocycles. The van der Waals surface area contributed by atoms with E-state index in [9.17, 15) is 0 Å². The van der Waals surface area contributed by atoms with E-state index in [4.69, 9.17) is 4.74 Å². The summed E-state index contributed by atoms with van der Waals surface area (Å²) in [5.74, 6) is 3.01. The van der Waals surface area contributed by atoms with Gasteiger partial charge >= 0.3 is 0 Å². The highest BCUT2D eigenvalue weighted by Crippen LogP contribution is 2.38. The minimum atomic E-state index is 0.193. The van der Waals surface area contributed by atoms with Crippen molar-refractivity contribution < 1.29 is 4.74 Å². The van der Waals surface area contributed by atoms with Crippen LogP contribution in [0.4, 0.5) is 5.82 Å². The maximum atomic E-state index is 5.94. The smallest absolute Gasteiger partial charge is 0.133 e. The molecule has 1 saturated heterocycles. The topological polar surface area (TPSA) is 47.0 Å². The van der Waals surface area contributed by atoms with Gasteiger partial charge in [0.25, 0.3) is 0 Å². The Balaban J connectivity index is 1.41. The second kappa shape index (κ2) is 6.05. The number of aromatic nitrogens is 2. The van der Waals surface area contributed by atoms with E-state index in [0.29, 0.717) is 11.8 Å². The molecule has 0 unspecified atom stereocenters. The highest BCUT2D eigenvalue weighted by atomic mass is 16.5. The van der Waals surface area contributed by atoms with Gasteiger partial charge in [-0.3, -0.25) is 0 Å². The van der Waals surface area contributed by atoms with Crippen molar-refractivity contribution >= 4 is 5.82 Å². The summed E-state index contributed by atoms with van der Waals surface area (Å²) in [6, 6.07) is 12.5. The molecule has 2 fully saturated rings. The average molecular weight is 295 g/mol. The van der Waals surface area contributed by atoms with Gasteiger partial charge in [-0.2, -0.15) is 0 Å². The lowest BCUT2D eigenvalue weighted by atomic mass is 9.95. The van der Waals surface area contributed by atoms with Crippen molar-refractivity contribution in [1.82, 2.24) is 9.97 Å². The van der Waals surface area contributed by atoms with Crippen molar-refractivity contribution in [2.45, 2.75) is 31.3 Å². The second-order valence-electron chi connectivity index (χ2n) is 6.21. The first-order valence-corrected chi connectivity index (χ1v) is 8.13. The van der Waals surface area contributed by atoms with E-state index >= 15 is 0 Å². The van der Waals surface area contributed by atoms with Crippen LogP contribution in [0.15, 0.2) is 42.6 Å². The van der Waals surface area contributed by atoms with Crippen molar-refractivity contribution in [3.05, 3.63) is 54.0 Å². The number of benzene rings is 1. The maximum Gasteiger partial charge on any atom is 0.133 e. The molecule has 4 nitrogen and oxygen atoms in total. The first kappa shape index (κ1) is 13.7. The lowest BCUT2D eigenvalue weighted by molar-refractivity contribution is 0.0933. The molecular weight excluding hydrogens is 274 g/mol. The van der Waals surface area contributed by atoms with E-state index in [0.717, 1.165) is 31.2 Å². The van der Waals surface area contributed by atoms with Gasteiger partial charge in [-0.15, -0.1) is 0 Å². The van der Waals surface area contributed by atoms with Crippen molar-refractivity contribution in [3.8, 4) is 0 Å². The van der Waals surface area contributed by atoms with Gasteiger partial charge in [0.1, 0.15) is 11.6 Å². The van der Waals surface area contributed by atoms with Gasteiger partial charge in [0, 0.05) is 31.2 Å². The fourth-order valence-electron chi connectivity index (χ4n) is 3.10. The molecule has 0 bridgehead atoms. The average Bonchev–Trinajstić information content (AvgIpc) is 3.32. The molecule has 1 N–H and O–H groups in total. The zero-order chi connectivity index (χ0) is 14.8. The third kappa shape index (κ3) is 2.97. The monoisotopic (exact) mass is 295 g/mol. The third-order valence-electron chi connectivity index (χ3n) is 4.50. The normalized spacial score (nSPS) is 24.4. The third-order valence-corrected chi connectivity index (χ3v) is 4.50. The Morgan fingerprint density at radius 2 is 1.95 bits per heavy atom. The van der Waals surface area contributed by atoms with Crippen LogP contribution in [0.3, 0.4) is 0 Å². The number of hydrogen-bond acceptors (Lipinski definition) is 4. The van der Waals surface area contributed by atoms with Gasteiger partial charge in [-0.1, -0.05) is 30.3 Å². The Bertz CT molecular complexity index is 627. The molecule has 114 valence electrons. The predicted octanol–water partition coefficient (Wildman–Crippen LogP) is 3.54. The van der Waals surface area contributed by atoms with E-state index < -0.39 is 0 Å². The molecule has 0 radical (unpaired) electrons. The molecule has 1 aromatic heterocycles. The molecule has 1 aromatic carbocycles. The molecular formula is C18H21N3O. The number of nitrogens with one attached hydrogen (secondary N) is 1. The Morgan fingerprint density at radius 1 is 1.09 bits per heavy atom.